The predicted octanol–water partition coefficient (Wildman–Crippen LogP) is 1.93. The summed E-state index contributed by atoms with van der Waals surface area (Å²) in [6.45, 7) is 8.77. The molecule has 0 unspecified atom stereocenters. The number of aromatic amines is 1. The molecule has 4 heteroatoms. The van der Waals surface area contributed by atoms with Gasteiger partial charge in [0.25, 0.3) is 0 Å². The van der Waals surface area contributed by atoms with Crippen molar-refractivity contribution in [1.82, 2.24) is 20.4 Å². The Balaban J connectivity index is 1.65. The van der Waals surface area contributed by atoms with Gasteiger partial charge in [-0.3, -0.25) is 10.00 Å². The SMILES string of the molecule is CC(C)=CCN1CCC(NCc2cn[nH]c2)CC1. The average Bonchev–Trinajstić information content (AvgIpc) is 2.88. The number of aromatic nitrogens is 2. The molecule has 0 bridgehead atoms. The van der Waals surface area contributed by atoms with Crippen LogP contribution in [0, 0.1) is 0 Å². The topological polar surface area (TPSA) is 44.0 Å². The van der Waals surface area contributed by atoms with Crippen LogP contribution in [0.3, 0.4) is 0 Å². The summed E-state index contributed by atoms with van der Waals surface area (Å²) in [6, 6.07) is 0.655. The summed E-state index contributed by atoms with van der Waals surface area (Å²) >= 11 is 0. The molecule has 1 aromatic heterocycles. The Morgan fingerprint density at radius 3 is 2.89 bits per heavy atom. The van der Waals surface area contributed by atoms with Crippen molar-refractivity contribution in [1.29, 1.82) is 0 Å². The molecule has 0 atom stereocenters. The third-order valence-electron chi connectivity index (χ3n) is 3.50. The number of nitrogens with one attached hydrogen (secondary N) is 2. The molecule has 1 aliphatic heterocycles. The lowest BCUT2D eigenvalue weighted by Crippen LogP contribution is -2.42. The Bertz CT molecular complexity index is 357. The minimum Gasteiger partial charge on any atom is -0.310 e. The maximum absolute atomic E-state index is 3.96. The first-order chi connectivity index (χ1) is 8.74. The third-order valence-corrected chi connectivity index (χ3v) is 3.50. The van der Waals surface area contributed by atoms with Crippen LogP contribution in [0.15, 0.2) is 24.0 Å². The van der Waals surface area contributed by atoms with E-state index in [0.717, 1.165) is 13.1 Å². The van der Waals surface area contributed by atoms with E-state index in [1.807, 2.05) is 12.4 Å². The molecule has 4 nitrogen and oxygen atoms in total. The van der Waals surface area contributed by atoms with Crippen molar-refractivity contribution in [2.45, 2.75) is 39.3 Å². The number of rotatable bonds is 5. The molecule has 1 aliphatic rings. The molecular formula is C14H24N4. The van der Waals surface area contributed by atoms with Crippen molar-refractivity contribution >= 4 is 0 Å². The Labute approximate surface area is 109 Å². The van der Waals surface area contributed by atoms with Crippen LogP contribution in [-0.4, -0.2) is 40.8 Å². The number of hydrogen-bond acceptors (Lipinski definition) is 3. The van der Waals surface area contributed by atoms with Gasteiger partial charge in [0.05, 0.1) is 6.20 Å². The van der Waals surface area contributed by atoms with Gasteiger partial charge in [0, 0.05) is 30.9 Å². The molecule has 18 heavy (non-hydrogen) atoms. The number of H-pyrrole nitrogens is 1. The zero-order valence-electron chi connectivity index (χ0n) is 11.4. The summed E-state index contributed by atoms with van der Waals surface area (Å²) in [7, 11) is 0. The second-order valence-corrected chi connectivity index (χ2v) is 5.34. The van der Waals surface area contributed by atoms with Crippen LogP contribution in [0.25, 0.3) is 0 Å². The fourth-order valence-electron chi connectivity index (χ4n) is 2.27. The van der Waals surface area contributed by atoms with Crippen LogP contribution < -0.4 is 5.32 Å². The maximum Gasteiger partial charge on any atom is 0.0532 e. The summed E-state index contributed by atoms with van der Waals surface area (Å²) in [4.78, 5) is 2.53. The van der Waals surface area contributed by atoms with Gasteiger partial charge in [0.15, 0.2) is 0 Å². The van der Waals surface area contributed by atoms with E-state index in [1.54, 1.807) is 0 Å². The van der Waals surface area contributed by atoms with Gasteiger partial charge in [-0.1, -0.05) is 11.6 Å². The van der Waals surface area contributed by atoms with Gasteiger partial charge in [-0.05, 0) is 39.8 Å². The quantitative estimate of drug-likeness (QED) is 0.783. The average molecular weight is 248 g/mol. The van der Waals surface area contributed by atoms with Crippen molar-refractivity contribution < 1.29 is 0 Å². The van der Waals surface area contributed by atoms with Gasteiger partial charge in [0.1, 0.15) is 0 Å². The molecule has 1 saturated heterocycles. The molecule has 1 fully saturated rings. The van der Waals surface area contributed by atoms with Crippen molar-refractivity contribution in [2.75, 3.05) is 19.6 Å². The standard InChI is InChI=1S/C14H24N4/c1-12(2)3-6-18-7-4-14(5-8-18)15-9-13-10-16-17-11-13/h3,10-11,14-15H,4-9H2,1-2H3,(H,16,17). The maximum atomic E-state index is 3.96. The molecule has 2 rings (SSSR count). The highest BCUT2D eigenvalue weighted by molar-refractivity contribution is 5.02. The fraction of sp³-hybridized carbons (Fsp3) is 0.643. The summed E-state index contributed by atoms with van der Waals surface area (Å²) in [5.74, 6) is 0. The van der Waals surface area contributed by atoms with Crippen molar-refractivity contribution in [2.24, 2.45) is 0 Å². The van der Waals surface area contributed by atoms with Gasteiger partial charge in [-0.25, -0.2) is 0 Å². The van der Waals surface area contributed by atoms with Crippen LogP contribution in [0.1, 0.15) is 32.3 Å². The Morgan fingerprint density at radius 1 is 1.50 bits per heavy atom. The zero-order chi connectivity index (χ0) is 12.8. The first-order valence-corrected chi connectivity index (χ1v) is 6.81. The van der Waals surface area contributed by atoms with E-state index in [4.69, 9.17) is 0 Å². The number of nitrogens with zero attached hydrogens (tertiary/aromatic N) is 2. The largest absolute Gasteiger partial charge is 0.310 e. The van der Waals surface area contributed by atoms with Gasteiger partial charge < -0.3 is 5.32 Å². The third kappa shape index (κ3) is 4.27. The molecule has 2 heterocycles. The molecule has 0 aliphatic carbocycles. The lowest BCUT2D eigenvalue weighted by Gasteiger charge is -2.31. The summed E-state index contributed by atoms with van der Waals surface area (Å²) in [5, 5.41) is 10.4. The highest BCUT2D eigenvalue weighted by Crippen LogP contribution is 2.11. The first-order valence-electron chi connectivity index (χ1n) is 6.81. The van der Waals surface area contributed by atoms with Crippen LogP contribution in [-0.2, 0) is 6.54 Å². The number of hydrogen-bond donors (Lipinski definition) is 2. The van der Waals surface area contributed by atoms with E-state index >= 15 is 0 Å². The minimum absolute atomic E-state index is 0.655. The molecule has 0 radical (unpaired) electrons. The van der Waals surface area contributed by atoms with Crippen LogP contribution in [0.2, 0.25) is 0 Å². The second-order valence-electron chi connectivity index (χ2n) is 5.34. The summed E-state index contributed by atoms with van der Waals surface area (Å²) < 4.78 is 0. The first kappa shape index (κ1) is 13.3. The predicted molar refractivity (Wildman–Crippen MR) is 74.3 cm³/mol. The van der Waals surface area contributed by atoms with Crippen molar-refractivity contribution in [3.63, 3.8) is 0 Å². The normalized spacial score (nSPS) is 17.9. The van der Waals surface area contributed by atoms with Gasteiger partial charge in [-0.2, -0.15) is 5.10 Å². The highest BCUT2D eigenvalue weighted by Gasteiger charge is 2.17. The number of allylic oxidation sites excluding steroid dienone is 1. The monoisotopic (exact) mass is 248 g/mol. The molecule has 100 valence electrons. The van der Waals surface area contributed by atoms with Gasteiger partial charge >= 0.3 is 0 Å². The van der Waals surface area contributed by atoms with E-state index in [-0.39, 0.29) is 0 Å². The van der Waals surface area contributed by atoms with Gasteiger partial charge in [-0.15, -0.1) is 0 Å². The molecular weight excluding hydrogens is 224 g/mol. The van der Waals surface area contributed by atoms with Crippen LogP contribution in [0.5, 0.6) is 0 Å². The fourth-order valence-corrected chi connectivity index (χ4v) is 2.27. The van der Waals surface area contributed by atoms with Crippen molar-refractivity contribution in [3.05, 3.63) is 29.6 Å². The smallest absolute Gasteiger partial charge is 0.0532 e. The molecule has 0 spiro atoms. The van der Waals surface area contributed by atoms with Crippen LogP contribution >= 0.6 is 0 Å². The Morgan fingerprint density at radius 2 is 2.28 bits per heavy atom. The Kier molecular flexibility index (Phi) is 4.96. The van der Waals surface area contributed by atoms with Gasteiger partial charge in [0.2, 0.25) is 0 Å². The van der Waals surface area contributed by atoms with E-state index in [0.29, 0.717) is 6.04 Å². The lowest BCUT2D eigenvalue weighted by molar-refractivity contribution is 0.214. The molecule has 1 aromatic rings. The minimum atomic E-state index is 0.655. The lowest BCUT2D eigenvalue weighted by atomic mass is 10.0. The summed E-state index contributed by atoms with van der Waals surface area (Å²) in [5.41, 5.74) is 2.65. The molecule has 0 amide bonds. The van der Waals surface area contributed by atoms with E-state index in [2.05, 4.69) is 40.3 Å². The molecule has 2 N–H and O–H groups in total. The Hall–Kier alpha value is -1.13. The molecule has 0 saturated carbocycles. The van der Waals surface area contributed by atoms with Crippen LogP contribution in [0.4, 0.5) is 0 Å². The number of likely N-dealkylation sites (tertiary alicyclic amines) is 1. The van der Waals surface area contributed by atoms with E-state index < -0.39 is 0 Å². The number of piperidine rings is 1. The summed E-state index contributed by atoms with van der Waals surface area (Å²) in [6.07, 6.45) is 8.65. The molecule has 0 aromatic carbocycles. The zero-order valence-corrected chi connectivity index (χ0v) is 11.4. The van der Waals surface area contributed by atoms with E-state index in [1.165, 1.54) is 37.1 Å². The second kappa shape index (κ2) is 6.71. The van der Waals surface area contributed by atoms with E-state index in [9.17, 15) is 0 Å². The highest BCUT2D eigenvalue weighted by atomic mass is 15.1. The van der Waals surface area contributed by atoms with Crippen molar-refractivity contribution in [3.8, 4) is 0 Å².